The van der Waals surface area contributed by atoms with Gasteiger partial charge in [-0.25, -0.2) is 0 Å². The number of hydrogen-bond donors (Lipinski definition) is 0. The van der Waals surface area contributed by atoms with Crippen molar-refractivity contribution in [1.29, 1.82) is 0 Å². The van der Waals surface area contributed by atoms with E-state index < -0.39 is 0 Å². The van der Waals surface area contributed by atoms with Gasteiger partial charge in [-0.2, -0.15) is 0 Å². The lowest BCUT2D eigenvalue weighted by molar-refractivity contribution is 0.786. The van der Waals surface area contributed by atoms with E-state index in [4.69, 9.17) is 0 Å². The van der Waals surface area contributed by atoms with Gasteiger partial charge in [-0.3, -0.25) is 0 Å². The molecule has 0 saturated carbocycles. The Hall–Kier alpha value is -0.760. The Bertz CT molecular complexity index is 345. The number of aromatic nitrogens is 1. The van der Waals surface area contributed by atoms with E-state index in [9.17, 15) is 0 Å². The van der Waals surface area contributed by atoms with E-state index in [1.165, 1.54) is 10.8 Å². The van der Waals surface area contributed by atoms with Gasteiger partial charge in [0.25, 0.3) is 0 Å². The third-order valence-corrected chi connectivity index (χ3v) is 2.30. The van der Waals surface area contributed by atoms with E-state index in [1.54, 1.807) is 0 Å². The van der Waals surface area contributed by atoms with Crippen molar-refractivity contribution in [2.24, 2.45) is 0 Å². The van der Waals surface area contributed by atoms with Gasteiger partial charge in [-0.15, -0.1) is 0 Å². The van der Waals surface area contributed by atoms with E-state index in [0.717, 1.165) is 11.9 Å². The molecule has 0 spiro atoms. The van der Waals surface area contributed by atoms with E-state index in [1.807, 2.05) is 0 Å². The minimum atomic E-state index is 1.01. The Morgan fingerprint density at radius 2 is 1.67 bits per heavy atom. The second-order valence-corrected chi connectivity index (χ2v) is 3.61. The van der Waals surface area contributed by atoms with E-state index in [0.29, 0.717) is 0 Å². The van der Waals surface area contributed by atoms with Crippen LogP contribution in [0.4, 0.5) is 0 Å². The number of benzene rings is 1. The highest BCUT2D eigenvalue weighted by Gasteiger charge is 1.95. The number of hydrogen-bond acceptors (Lipinski definition) is 0. The molecule has 0 amide bonds. The predicted octanol–water partition coefficient (Wildman–Crippen LogP) is 3.04. The second kappa shape index (κ2) is 3.31. The van der Waals surface area contributed by atoms with Crippen molar-refractivity contribution in [3.05, 3.63) is 36.7 Å². The van der Waals surface area contributed by atoms with Crippen LogP contribution in [0.1, 0.15) is 0 Å². The minimum absolute atomic E-state index is 1.01. The summed E-state index contributed by atoms with van der Waals surface area (Å²) in [6.07, 6.45) is 4.35. The standard InChI is InChI=1S/C10H10BrN/c11-5-6-12-7-9-3-1-2-4-10(9)8-12/h1-4,7-8H,5-6H2. The summed E-state index contributed by atoms with van der Waals surface area (Å²) in [6, 6.07) is 8.42. The number of halogens is 1. The molecule has 0 aliphatic carbocycles. The Morgan fingerprint density at radius 3 is 2.17 bits per heavy atom. The largest absolute Gasteiger partial charge is 0.352 e. The summed E-state index contributed by atoms with van der Waals surface area (Å²) in [5.41, 5.74) is 0. The molecule has 2 heteroatoms. The number of alkyl halides is 1. The Kier molecular flexibility index (Phi) is 2.17. The summed E-state index contributed by atoms with van der Waals surface area (Å²) in [5.74, 6) is 0. The van der Waals surface area contributed by atoms with Crippen LogP contribution in [0.15, 0.2) is 36.7 Å². The Balaban J connectivity index is 2.47. The molecule has 1 nitrogen and oxygen atoms in total. The lowest BCUT2D eigenvalue weighted by atomic mass is 10.2. The van der Waals surface area contributed by atoms with Crippen LogP contribution in [-0.2, 0) is 6.54 Å². The lowest BCUT2D eigenvalue weighted by Crippen LogP contribution is -1.93. The molecule has 0 saturated heterocycles. The Morgan fingerprint density at radius 1 is 1.08 bits per heavy atom. The topological polar surface area (TPSA) is 4.93 Å². The maximum Gasteiger partial charge on any atom is 0.0317 e. The summed E-state index contributed by atoms with van der Waals surface area (Å²) < 4.78 is 2.21. The van der Waals surface area contributed by atoms with Crippen LogP contribution in [-0.4, -0.2) is 9.90 Å². The highest BCUT2D eigenvalue weighted by Crippen LogP contribution is 2.14. The van der Waals surface area contributed by atoms with Crippen LogP contribution < -0.4 is 0 Å². The number of nitrogens with zero attached hydrogens (tertiary/aromatic N) is 1. The number of fused-ring (bicyclic) bond motifs is 1. The number of aryl methyl sites for hydroxylation is 1. The van der Waals surface area contributed by atoms with Gasteiger partial charge in [0.2, 0.25) is 0 Å². The van der Waals surface area contributed by atoms with Gasteiger partial charge in [0.05, 0.1) is 0 Å². The molecular weight excluding hydrogens is 214 g/mol. The molecule has 12 heavy (non-hydrogen) atoms. The molecule has 0 bridgehead atoms. The minimum Gasteiger partial charge on any atom is -0.352 e. The third-order valence-electron chi connectivity index (χ3n) is 1.95. The lowest BCUT2D eigenvalue weighted by Gasteiger charge is -1.94. The van der Waals surface area contributed by atoms with Gasteiger partial charge in [0, 0.05) is 24.3 Å². The van der Waals surface area contributed by atoms with Crippen LogP contribution in [0.3, 0.4) is 0 Å². The second-order valence-electron chi connectivity index (χ2n) is 2.81. The fraction of sp³-hybridized carbons (Fsp3) is 0.200. The van der Waals surface area contributed by atoms with E-state index in [-0.39, 0.29) is 0 Å². The monoisotopic (exact) mass is 223 g/mol. The summed E-state index contributed by atoms with van der Waals surface area (Å²) in [5, 5.41) is 3.64. The SMILES string of the molecule is BrCCn1cc2ccccc2c1. The first kappa shape index (κ1) is 7.87. The van der Waals surface area contributed by atoms with E-state index >= 15 is 0 Å². The molecule has 0 unspecified atom stereocenters. The molecule has 1 aromatic heterocycles. The molecule has 2 rings (SSSR count). The average molecular weight is 224 g/mol. The Labute approximate surface area is 80.1 Å². The first-order valence-electron chi connectivity index (χ1n) is 4.00. The molecule has 0 N–H and O–H groups in total. The van der Waals surface area contributed by atoms with E-state index in [2.05, 4.69) is 57.2 Å². The van der Waals surface area contributed by atoms with Crippen molar-refractivity contribution < 1.29 is 0 Å². The van der Waals surface area contributed by atoms with Crippen LogP contribution >= 0.6 is 15.9 Å². The smallest absolute Gasteiger partial charge is 0.0317 e. The molecule has 62 valence electrons. The molecule has 0 aliphatic heterocycles. The van der Waals surface area contributed by atoms with Crippen LogP contribution in [0.2, 0.25) is 0 Å². The molecule has 0 fully saturated rings. The fourth-order valence-corrected chi connectivity index (χ4v) is 1.78. The molecule has 2 aromatic rings. The quantitative estimate of drug-likeness (QED) is 0.691. The van der Waals surface area contributed by atoms with Gasteiger partial charge in [-0.1, -0.05) is 40.2 Å². The molecule has 1 heterocycles. The highest BCUT2D eigenvalue weighted by molar-refractivity contribution is 9.09. The molecule has 0 atom stereocenters. The average Bonchev–Trinajstić information content (AvgIpc) is 2.47. The zero-order chi connectivity index (χ0) is 8.39. The first-order chi connectivity index (χ1) is 5.90. The third kappa shape index (κ3) is 1.39. The van der Waals surface area contributed by atoms with Gasteiger partial charge < -0.3 is 4.57 Å². The molecule has 0 radical (unpaired) electrons. The van der Waals surface area contributed by atoms with Crippen LogP contribution in [0.5, 0.6) is 0 Å². The van der Waals surface area contributed by atoms with Crippen molar-refractivity contribution in [2.45, 2.75) is 6.54 Å². The summed E-state index contributed by atoms with van der Waals surface area (Å²) in [7, 11) is 0. The van der Waals surface area contributed by atoms with Gasteiger partial charge in [0.1, 0.15) is 0 Å². The highest BCUT2D eigenvalue weighted by atomic mass is 79.9. The molecule has 0 aliphatic rings. The zero-order valence-corrected chi connectivity index (χ0v) is 8.29. The van der Waals surface area contributed by atoms with Crippen LogP contribution in [0, 0.1) is 0 Å². The zero-order valence-electron chi connectivity index (χ0n) is 6.70. The fourth-order valence-electron chi connectivity index (χ4n) is 1.37. The maximum absolute atomic E-state index is 3.42. The van der Waals surface area contributed by atoms with Crippen LogP contribution in [0.25, 0.3) is 10.8 Å². The molecular formula is C10H10BrN. The summed E-state index contributed by atoms with van der Waals surface area (Å²) >= 11 is 3.42. The van der Waals surface area contributed by atoms with Crippen molar-refractivity contribution >= 4 is 26.7 Å². The van der Waals surface area contributed by atoms with Crippen molar-refractivity contribution in [2.75, 3.05) is 5.33 Å². The van der Waals surface area contributed by atoms with Gasteiger partial charge in [0.15, 0.2) is 0 Å². The molecule has 1 aromatic carbocycles. The van der Waals surface area contributed by atoms with Crippen molar-refractivity contribution in [1.82, 2.24) is 4.57 Å². The normalized spacial score (nSPS) is 10.8. The summed E-state index contributed by atoms with van der Waals surface area (Å²) in [6.45, 7) is 1.04. The van der Waals surface area contributed by atoms with Crippen molar-refractivity contribution in [3.63, 3.8) is 0 Å². The number of rotatable bonds is 2. The predicted molar refractivity (Wildman–Crippen MR) is 55.7 cm³/mol. The van der Waals surface area contributed by atoms with Crippen molar-refractivity contribution in [3.8, 4) is 0 Å². The first-order valence-corrected chi connectivity index (χ1v) is 5.13. The maximum atomic E-state index is 3.42. The van der Waals surface area contributed by atoms with Gasteiger partial charge >= 0.3 is 0 Å². The van der Waals surface area contributed by atoms with Gasteiger partial charge in [-0.05, 0) is 10.8 Å². The summed E-state index contributed by atoms with van der Waals surface area (Å²) in [4.78, 5) is 0.